The van der Waals surface area contributed by atoms with E-state index in [9.17, 15) is 18.0 Å². The van der Waals surface area contributed by atoms with Gasteiger partial charge in [-0.1, -0.05) is 6.42 Å². The number of piperidine rings is 1. The Bertz CT molecular complexity index is 790. The number of anilines is 1. The summed E-state index contributed by atoms with van der Waals surface area (Å²) in [4.78, 5) is 25.5. The number of esters is 1. The summed E-state index contributed by atoms with van der Waals surface area (Å²) in [5, 5.41) is 0. The van der Waals surface area contributed by atoms with Crippen LogP contribution < -0.4 is 4.90 Å². The molecule has 0 spiro atoms. The first-order valence-electron chi connectivity index (χ1n) is 8.84. The van der Waals surface area contributed by atoms with Crippen LogP contribution in [0.4, 0.5) is 5.69 Å². The molecule has 2 saturated heterocycles. The van der Waals surface area contributed by atoms with Crippen molar-refractivity contribution in [3.05, 3.63) is 24.3 Å². The van der Waals surface area contributed by atoms with Gasteiger partial charge in [0.1, 0.15) is 0 Å². The largest absolute Gasteiger partial charge is 0.469 e. The number of ether oxygens (including phenoxy) is 1. The minimum Gasteiger partial charge on any atom is -0.469 e. The van der Waals surface area contributed by atoms with E-state index in [2.05, 4.69) is 0 Å². The van der Waals surface area contributed by atoms with Gasteiger partial charge in [-0.25, -0.2) is 8.42 Å². The summed E-state index contributed by atoms with van der Waals surface area (Å²) in [6.45, 7) is 2.72. The van der Waals surface area contributed by atoms with Crippen LogP contribution in [0.1, 0.15) is 32.6 Å². The lowest BCUT2D eigenvalue weighted by Gasteiger charge is -2.32. The van der Waals surface area contributed by atoms with Crippen molar-refractivity contribution in [2.45, 2.75) is 43.5 Å². The van der Waals surface area contributed by atoms with Gasteiger partial charge in [-0.05, 0) is 44.0 Å². The molecule has 0 bridgehead atoms. The van der Waals surface area contributed by atoms with Crippen LogP contribution >= 0.6 is 0 Å². The molecule has 0 unspecified atom stereocenters. The van der Waals surface area contributed by atoms with E-state index in [1.165, 1.54) is 24.1 Å². The van der Waals surface area contributed by atoms with E-state index in [0.717, 1.165) is 19.3 Å². The molecule has 2 fully saturated rings. The molecule has 1 aromatic carbocycles. The average molecular weight is 380 g/mol. The Labute approximate surface area is 154 Å². The second-order valence-corrected chi connectivity index (χ2v) is 8.77. The lowest BCUT2D eigenvalue weighted by Crippen LogP contribution is -2.41. The zero-order valence-electron chi connectivity index (χ0n) is 15.1. The lowest BCUT2D eigenvalue weighted by molar-refractivity contribution is -0.145. The molecule has 0 aromatic heterocycles. The molecule has 142 valence electrons. The molecule has 7 nitrogen and oxygen atoms in total. The Balaban J connectivity index is 1.78. The maximum Gasteiger partial charge on any atom is 0.311 e. The van der Waals surface area contributed by atoms with Crippen molar-refractivity contribution in [2.75, 3.05) is 25.1 Å². The van der Waals surface area contributed by atoms with Crippen molar-refractivity contribution in [3.8, 4) is 0 Å². The zero-order chi connectivity index (χ0) is 18.9. The molecule has 0 aliphatic carbocycles. The molecule has 0 radical (unpaired) electrons. The van der Waals surface area contributed by atoms with Gasteiger partial charge in [0, 0.05) is 31.2 Å². The van der Waals surface area contributed by atoms with E-state index in [1.54, 1.807) is 16.4 Å². The summed E-state index contributed by atoms with van der Waals surface area (Å²) in [6, 6.07) is 6.31. The first-order chi connectivity index (χ1) is 12.3. The molecule has 2 atom stereocenters. The summed E-state index contributed by atoms with van der Waals surface area (Å²) in [5.41, 5.74) is 0.590. The summed E-state index contributed by atoms with van der Waals surface area (Å²) in [6.07, 6.45) is 2.90. The highest BCUT2D eigenvalue weighted by Crippen LogP contribution is 2.29. The van der Waals surface area contributed by atoms with Gasteiger partial charge in [-0.2, -0.15) is 4.31 Å². The molecule has 26 heavy (non-hydrogen) atoms. The van der Waals surface area contributed by atoms with Crippen LogP contribution in [0.5, 0.6) is 0 Å². The molecule has 2 aliphatic rings. The van der Waals surface area contributed by atoms with Crippen LogP contribution in [0.3, 0.4) is 0 Å². The highest BCUT2D eigenvalue weighted by molar-refractivity contribution is 7.89. The topological polar surface area (TPSA) is 84.0 Å². The SMILES string of the molecule is COC(=O)[C@H]1CC(=O)N(c2ccc(S(=O)(=O)N3CCCC[C@H]3C)cc2)C1. The maximum atomic E-state index is 12.9. The molecule has 1 amide bonds. The number of nitrogens with zero attached hydrogens (tertiary/aromatic N) is 2. The van der Waals surface area contributed by atoms with Gasteiger partial charge in [-0.15, -0.1) is 0 Å². The van der Waals surface area contributed by atoms with E-state index in [4.69, 9.17) is 4.74 Å². The van der Waals surface area contributed by atoms with E-state index in [1.807, 2.05) is 6.92 Å². The fourth-order valence-corrected chi connectivity index (χ4v) is 5.34. The summed E-state index contributed by atoms with van der Waals surface area (Å²) < 4.78 is 32.0. The van der Waals surface area contributed by atoms with Gasteiger partial charge in [0.25, 0.3) is 0 Å². The molecule has 3 rings (SSSR count). The van der Waals surface area contributed by atoms with Gasteiger partial charge in [0.2, 0.25) is 15.9 Å². The minimum absolute atomic E-state index is 0.00518. The van der Waals surface area contributed by atoms with Gasteiger partial charge in [0.05, 0.1) is 17.9 Å². The van der Waals surface area contributed by atoms with Crippen LogP contribution in [-0.4, -0.2) is 50.8 Å². The fourth-order valence-electron chi connectivity index (χ4n) is 3.64. The van der Waals surface area contributed by atoms with E-state index < -0.39 is 21.9 Å². The highest BCUT2D eigenvalue weighted by atomic mass is 32.2. The molecule has 0 saturated carbocycles. The smallest absolute Gasteiger partial charge is 0.311 e. The normalized spacial score (nSPS) is 24.7. The zero-order valence-corrected chi connectivity index (χ0v) is 15.9. The summed E-state index contributed by atoms with van der Waals surface area (Å²) in [5.74, 6) is -1.05. The molecular formula is C18H24N2O5S. The lowest BCUT2D eigenvalue weighted by atomic mass is 10.1. The van der Waals surface area contributed by atoms with Crippen LogP contribution in [0.2, 0.25) is 0 Å². The van der Waals surface area contributed by atoms with Crippen molar-refractivity contribution in [1.29, 1.82) is 0 Å². The van der Waals surface area contributed by atoms with Crippen LogP contribution in [0, 0.1) is 5.92 Å². The van der Waals surface area contributed by atoms with Crippen LogP contribution in [0.25, 0.3) is 0 Å². The number of rotatable bonds is 4. The number of benzene rings is 1. The predicted octanol–water partition coefficient (Wildman–Crippen LogP) is 1.78. The molecule has 2 heterocycles. The molecule has 1 aromatic rings. The van der Waals surface area contributed by atoms with Gasteiger partial charge < -0.3 is 9.64 Å². The number of carbonyl (C=O) groups is 2. The quantitative estimate of drug-likeness (QED) is 0.744. The van der Waals surface area contributed by atoms with Gasteiger partial charge >= 0.3 is 5.97 Å². The van der Waals surface area contributed by atoms with Crippen LogP contribution in [0.15, 0.2) is 29.2 Å². The van der Waals surface area contributed by atoms with Gasteiger partial charge in [-0.3, -0.25) is 9.59 Å². The van der Waals surface area contributed by atoms with Crippen molar-refractivity contribution < 1.29 is 22.7 Å². The Kier molecular flexibility index (Phi) is 5.34. The third-order valence-corrected chi connectivity index (χ3v) is 7.18. The second kappa shape index (κ2) is 7.36. The number of hydrogen-bond donors (Lipinski definition) is 0. The number of carbonyl (C=O) groups excluding carboxylic acids is 2. The van der Waals surface area contributed by atoms with E-state index >= 15 is 0 Å². The predicted molar refractivity (Wildman–Crippen MR) is 96.1 cm³/mol. The third-order valence-electron chi connectivity index (χ3n) is 5.16. The Hall–Kier alpha value is -1.93. The molecule has 2 aliphatic heterocycles. The van der Waals surface area contributed by atoms with Crippen molar-refractivity contribution in [3.63, 3.8) is 0 Å². The third kappa shape index (κ3) is 3.48. The first-order valence-corrected chi connectivity index (χ1v) is 10.3. The standard InChI is InChI=1S/C18H24N2O5S/c1-13-5-3-4-10-20(13)26(23,24)16-8-6-15(7-9-16)19-12-14(11-17(19)21)18(22)25-2/h6-9,13-14H,3-5,10-12H2,1-2H3/t13-,14+/m1/s1. The average Bonchev–Trinajstić information content (AvgIpc) is 3.03. The number of amides is 1. The molecule has 0 N–H and O–H groups in total. The summed E-state index contributed by atoms with van der Waals surface area (Å²) >= 11 is 0. The Morgan fingerprint density at radius 3 is 2.50 bits per heavy atom. The van der Waals surface area contributed by atoms with E-state index in [-0.39, 0.29) is 29.8 Å². The van der Waals surface area contributed by atoms with Crippen molar-refractivity contribution in [2.24, 2.45) is 5.92 Å². The molecule has 8 heteroatoms. The van der Waals surface area contributed by atoms with Crippen molar-refractivity contribution in [1.82, 2.24) is 4.31 Å². The van der Waals surface area contributed by atoms with E-state index in [0.29, 0.717) is 12.2 Å². The second-order valence-electron chi connectivity index (χ2n) is 6.88. The molecular weight excluding hydrogens is 356 g/mol. The number of methoxy groups -OCH3 is 1. The number of sulfonamides is 1. The Morgan fingerprint density at radius 2 is 1.88 bits per heavy atom. The minimum atomic E-state index is -3.54. The fraction of sp³-hybridized carbons (Fsp3) is 0.556. The monoisotopic (exact) mass is 380 g/mol. The highest BCUT2D eigenvalue weighted by Gasteiger charge is 2.36. The van der Waals surface area contributed by atoms with Gasteiger partial charge in [0.15, 0.2) is 0 Å². The summed E-state index contributed by atoms with van der Waals surface area (Å²) in [7, 11) is -2.24. The number of hydrogen-bond acceptors (Lipinski definition) is 5. The Morgan fingerprint density at radius 1 is 1.19 bits per heavy atom. The van der Waals surface area contributed by atoms with Crippen molar-refractivity contribution >= 4 is 27.6 Å². The van der Waals surface area contributed by atoms with Crippen LogP contribution in [-0.2, 0) is 24.3 Å². The maximum absolute atomic E-state index is 12.9. The first kappa shape index (κ1) is 18.8.